The van der Waals surface area contributed by atoms with E-state index in [4.69, 9.17) is 11.5 Å². The number of benzene rings is 1. The second-order valence-corrected chi connectivity index (χ2v) is 7.47. The topological polar surface area (TPSA) is 124 Å². The Bertz CT molecular complexity index is 1060. The van der Waals surface area contributed by atoms with Crippen LogP contribution in [0.5, 0.6) is 0 Å². The van der Waals surface area contributed by atoms with E-state index < -0.39 is 11.7 Å². The van der Waals surface area contributed by atoms with Crippen LogP contribution in [0.25, 0.3) is 10.9 Å². The van der Waals surface area contributed by atoms with Gasteiger partial charge in [-0.25, -0.2) is 9.37 Å². The highest BCUT2D eigenvalue weighted by Crippen LogP contribution is 2.30. The van der Waals surface area contributed by atoms with Crippen LogP contribution in [0.1, 0.15) is 36.0 Å². The van der Waals surface area contributed by atoms with Gasteiger partial charge in [0.05, 0.1) is 16.8 Å². The Morgan fingerprint density at radius 2 is 2.10 bits per heavy atom. The monoisotopic (exact) mass is 397 g/mol. The van der Waals surface area contributed by atoms with Crippen molar-refractivity contribution >= 4 is 34.0 Å². The number of nitrogens with two attached hydrogens (primary N) is 2. The van der Waals surface area contributed by atoms with Crippen LogP contribution < -0.4 is 22.1 Å². The van der Waals surface area contributed by atoms with Gasteiger partial charge in [0.25, 0.3) is 5.91 Å². The number of pyridine rings is 1. The lowest BCUT2D eigenvalue weighted by Gasteiger charge is -2.30. The molecule has 9 heteroatoms. The summed E-state index contributed by atoms with van der Waals surface area (Å²) in [5.41, 5.74) is 13.0. The third-order valence-electron chi connectivity index (χ3n) is 5.31. The second-order valence-electron chi connectivity index (χ2n) is 7.47. The number of rotatable bonds is 5. The van der Waals surface area contributed by atoms with Crippen molar-refractivity contribution in [2.45, 2.75) is 37.8 Å². The molecule has 152 valence electrons. The molecule has 2 aromatic heterocycles. The van der Waals surface area contributed by atoms with Crippen LogP contribution in [-0.4, -0.2) is 32.8 Å². The maximum atomic E-state index is 15.3. The molecular formula is C20H24FN7O. The molecule has 8 nitrogen and oxygen atoms in total. The van der Waals surface area contributed by atoms with Crippen molar-refractivity contribution in [2.75, 3.05) is 10.6 Å². The zero-order valence-corrected chi connectivity index (χ0v) is 16.2. The minimum atomic E-state index is -0.762. The fraction of sp³-hybridized carbons (Fsp3) is 0.350. The number of hydrogen-bond donors (Lipinski definition) is 4. The summed E-state index contributed by atoms with van der Waals surface area (Å²) in [6.45, 7) is 0. The van der Waals surface area contributed by atoms with E-state index in [1.165, 1.54) is 6.20 Å². The van der Waals surface area contributed by atoms with Gasteiger partial charge >= 0.3 is 0 Å². The summed E-state index contributed by atoms with van der Waals surface area (Å²) in [5.74, 6) is -1.37. The maximum Gasteiger partial charge on any atom is 0.252 e. The molecule has 1 aliphatic carbocycles. The number of nitrogens with zero attached hydrogens (tertiary/aromatic N) is 3. The third kappa shape index (κ3) is 3.86. The molecule has 4 rings (SSSR count). The van der Waals surface area contributed by atoms with E-state index in [0.717, 1.165) is 36.6 Å². The van der Waals surface area contributed by atoms with Gasteiger partial charge in [-0.05, 0) is 31.0 Å². The van der Waals surface area contributed by atoms with Gasteiger partial charge in [-0.15, -0.1) is 0 Å². The lowest BCUT2D eigenvalue weighted by Crippen LogP contribution is -2.43. The van der Waals surface area contributed by atoms with Crippen molar-refractivity contribution in [3.8, 4) is 0 Å². The normalized spacial score (nSPS) is 19.3. The van der Waals surface area contributed by atoms with Crippen LogP contribution in [-0.2, 0) is 7.05 Å². The Balaban J connectivity index is 1.68. The van der Waals surface area contributed by atoms with Crippen LogP contribution in [0.4, 0.5) is 21.6 Å². The molecule has 0 unspecified atom stereocenters. The number of fused-ring (bicyclic) bond motifs is 1. The molecule has 0 radical (unpaired) electrons. The zero-order chi connectivity index (χ0) is 20.5. The molecule has 1 amide bonds. The number of amides is 1. The minimum Gasteiger partial charge on any atom is -0.365 e. The van der Waals surface area contributed by atoms with Crippen LogP contribution in [0, 0.1) is 5.82 Å². The van der Waals surface area contributed by atoms with E-state index >= 15 is 4.39 Å². The average Bonchev–Trinajstić information content (AvgIpc) is 3.05. The summed E-state index contributed by atoms with van der Waals surface area (Å²) in [6.07, 6.45) is 6.97. The number of primary amides is 1. The molecule has 6 N–H and O–H groups in total. The van der Waals surface area contributed by atoms with E-state index in [1.807, 2.05) is 25.4 Å². The van der Waals surface area contributed by atoms with Crippen LogP contribution >= 0.6 is 0 Å². The van der Waals surface area contributed by atoms with E-state index in [0.29, 0.717) is 5.69 Å². The molecule has 2 atom stereocenters. The summed E-state index contributed by atoms with van der Waals surface area (Å²) in [7, 11) is 1.83. The summed E-state index contributed by atoms with van der Waals surface area (Å²) in [4.78, 5) is 15.9. The van der Waals surface area contributed by atoms with Gasteiger partial charge in [-0.2, -0.15) is 5.10 Å². The Morgan fingerprint density at radius 1 is 1.31 bits per heavy atom. The molecule has 0 spiro atoms. The molecule has 3 aromatic rings. The van der Waals surface area contributed by atoms with Crippen LogP contribution in [0.3, 0.4) is 0 Å². The molecule has 1 aliphatic rings. The molecule has 0 saturated heterocycles. The van der Waals surface area contributed by atoms with Crippen molar-refractivity contribution in [1.82, 2.24) is 14.8 Å². The summed E-state index contributed by atoms with van der Waals surface area (Å²) < 4.78 is 17.0. The molecule has 29 heavy (non-hydrogen) atoms. The van der Waals surface area contributed by atoms with E-state index in [1.54, 1.807) is 10.7 Å². The Hall–Kier alpha value is -3.20. The molecule has 0 bridgehead atoms. The molecule has 2 heterocycles. The number of nitrogens with one attached hydrogen (secondary N) is 2. The predicted octanol–water partition coefficient (Wildman–Crippen LogP) is 2.63. The number of hydrogen-bond acceptors (Lipinski definition) is 6. The maximum absolute atomic E-state index is 15.3. The largest absolute Gasteiger partial charge is 0.365 e. The molecule has 1 saturated carbocycles. The first-order valence-electron chi connectivity index (χ1n) is 9.63. The number of aromatic nitrogens is 3. The Morgan fingerprint density at radius 3 is 2.86 bits per heavy atom. The van der Waals surface area contributed by atoms with E-state index in [9.17, 15) is 4.79 Å². The fourth-order valence-electron chi connectivity index (χ4n) is 3.78. The number of carbonyl (C=O) groups is 1. The lowest BCUT2D eigenvalue weighted by molar-refractivity contribution is 0.100. The highest BCUT2D eigenvalue weighted by atomic mass is 19.1. The zero-order valence-electron chi connectivity index (χ0n) is 16.2. The molecule has 1 fully saturated rings. The molecular weight excluding hydrogens is 373 g/mol. The van der Waals surface area contributed by atoms with Gasteiger partial charge in [0.2, 0.25) is 0 Å². The van der Waals surface area contributed by atoms with Crippen molar-refractivity contribution in [3.05, 3.63) is 42.0 Å². The third-order valence-corrected chi connectivity index (χ3v) is 5.31. The van der Waals surface area contributed by atoms with Gasteiger partial charge in [0, 0.05) is 42.6 Å². The number of aryl methyl sites for hydroxylation is 1. The standard InChI is InChI=1S/C20H24FN7O/c1-28-10-11-8-12(6-7-15(11)27-28)25-18-13(19(23)29)9-24-20(17(18)21)26-16-5-3-2-4-14(16)22/h6-10,14,16H,2-5,22H2,1H3,(H2,23,29)(H2,24,25,26)/t14-,16+/m0/s1. The Kier molecular flexibility index (Phi) is 5.06. The van der Waals surface area contributed by atoms with Crippen molar-refractivity contribution < 1.29 is 9.18 Å². The number of anilines is 3. The summed E-state index contributed by atoms with van der Waals surface area (Å²) >= 11 is 0. The minimum absolute atomic E-state index is 0.0115. The van der Waals surface area contributed by atoms with Gasteiger partial charge in [0.1, 0.15) is 0 Å². The SMILES string of the molecule is Cn1cc2cc(Nc3c(C(N)=O)cnc(N[C@@H]4CCCC[C@@H]4N)c3F)ccc2n1. The number of halogens is 1. The van der Waals surface area contributed by atoms with E-state index in [-0.39, 0.29) is 29.2 Å². The van der Waals surface area contributed by atoms with Gasteiger partial charge in [-0.1, -0.05) is 12.8 Å². The second kappa shape index (κ2) is 7.67. The smallest absolute Gasteiger partial charge is 0.252 e. The molecule has 1 aromatic carbocycles. The van der Waals surface area contributed by atoms with Gasteiger partial charge in [-0.3, -0.25) is 9.48 Å². The van der Waals surface area contributed by atoms with E-state index in [2.05, 4.69) is 20.7 Å². The lowest BCUT2D eigenvalue weighted by atomic mass is 9.91. The quantitative estimate of drug-likeness (QED) is 0.525. The first-order valence-corrected chi connectivity index (χ1v) is 9.63. The predicted molar refractivity (Wildman–Crippen MR) is 111 cm³/mol. The number of carbonyl (C=O) groups excluding carboxylic acids is 1. The molecule has 0 aliphatic heterocycles. The van der Waals surface area contributed by atoms with Crippen molar-refractivity contribution in [1.29, 1.82) is 0 Å². The van der Waals surface area contributed by atoms with Crippen LogP contribution in [0.15, 0.2) is 30.6 Å². The highest BCUT2D eigenvalue weighted by Gasteiger charge is 2.25. The average molecular weight is 397 g/mol. The summed E-state index contributed by atoms with van der Waals surface area (Å²) in [5, 5.41) is 11.3. The van der Waals surface area contributed by atoms with Crippen LogP contribution in [0.2, 0.25) is 0 Å². The van der Waals surface area contributed by atoms with Gasteiger partial charge in [0.15, 0.2) is 11.6 Å². The first kappa shape index (κ1) is 19.1. The van der Waals surface area contributed by atoms with Crippen molar-refractivity contribution in [2.24, 2.45) is 18.5 Å². The van der Waals surface area contributed by atoms with Gasteiger partial charge < -0.3 is 22.1 Å². The highest BCUT2D eigenvalue weighted by molar-refractivity contribution is 6.00. The Labute approximate surface area is 167 Å². The fourth-order valence-corrected chi connectivity index (χ4v) is 3.78. The summed E-state index contributed by atoms with van der Waals surface area (Å²) in [6, 6.07) is 5.29. The van der Waals surface area contributed by atoms with Crippen molar-refractivity contribution in [3.63, 3.8) is 0 Å². The first-order chi connectivity index (χ1) is 13.9.